The second-order valence-corrected chi connectivity index (χ2v) is 4.52. The van der Waals surface area contributed by atoms with E-state index in [9.17, 15) is 4.79 Å². The molecular weight excluding hydrogens is 254 g/mol. The average Bonchev–Trinajstić information content (AvgIpc) is 2.44. The third kappa shape index (κ3) is 3.29. The molecule has 0 saturated carbocycles. The van der Waals surface area contributed by atoms with E-state index in [4.69, 9.17) is 15.2 Å². The number of methoxy groups -OCH3 is 1. The summed E-state index contributed by atoms with van der Waals surface area (Å²) in [5.41, 5.74) is 8.48. The van der Waals surface area contributed by atoms with Crippen LogP contribution in [0.15, 0.2) is 42.5 Å². The molecule has 0 amide bonds. The van der Waals surface area contributed by atoms with Crippen molar-refractivity contribution in [3.05, 3.63) is 59.2 Å². The molecule has 0 spiro atoms. The Labute approximate surface area is 118 Å². The molecule has 0 radical (unpaired) electrons. The molecule has 0 aliphatic carbocycles. The van der Waals surface area contributed by atoms with E-state index in [1.54, 1.807) is 25.3 Å². The van der Waals surface area contributed by atoms with Crippen LogP contribution in [0, 0.1) is 6.92 Å². The van der Waals surface area contributed by atoms with Gasteiger partial charge < -0.3 is 15.2 Å². The molecule has 4 nitrogen and oxygen atoms in total. The fourth-order valence-corrected chi connectivity index (χ4v) is 1.98. The molecule has 0 aliphatic heterocycles. The molecule has 0 atom stereocenters. The topological polar surface area (TPSA) is 61.5 Å². The first-order chi connectivity index (χ1) is 9.60. The standard InChI is InChI=1S/C16H17NO3/c1-11-7-13(9-14(17)8-11)16(18)20-10-12-5-3-4-6-15(12)19-2/h3-9H,10,17H2,1-2H3. The van der Waals surface area contributed by atoms with E-state index in [1.165, 1.54) is 0 Å². The van der Waals surface area contributed by atoms with Gasteiger partial charge in [0.1, 0.15) is 12.4 Å². The number of hydrogen-bond donors (Lipinski definition) is 1. The Balaban J connectivity index is 2.08. The molecule has 0 unspecified atom stereocenters. The zero-order valence-electron chi connectivity index (χ0n) is 11.6. The monoisotopic (exact) mass is 271 g/mol. The van der Waals surface area contributed by atoms with Crippen LogP contribution in [0.5, 0.6) is 5.75 Å². The van der Waals surface area contributed by atoms with E-state index in [0.29, 0.717) is 17.0 Å². The molecule has 0 heterocycles. The smallest absolute Gasteiger partial charge is 0.338 e. The first kappa shape index (κ1) is 13.9. The predicted molar refractivity (Wildman–Crippen MR) is 77.7 cm³/mol. The van der Waals surface area contributed by atoms with Crippen molar-refractivity contribution in [2.24, 2.45) is 0 Å². The van der Waals surface area contributed by atoms with Crippen molar-refractivity contribution < 1.29 is 14.3 Å². The lowest BCUT2D eigenvalue weighted by Gasteiger charge is -2.09. The predicted octanol–water partition coefficient (Wildman–Crippen LogP) is 2.94. The molecule has 104 valence electrons. The summed E-state index contributed by atoms with van der Waals surface area (Å²) in [5, 5.41) is 0. The number of aryl methyl sites for hydroxylation is 1. The summed E-state index contributed by atoms with van der Waals surface area (Å²) in [7, 11) is 1.59. The highest BCUT2D eigenvalue weighted by atomic mass is 16.5. The zero-order chi connectivity index (χ0) is 14.5. The van der Waals surface area contributed by atoms with Crippen molar-refractivity contribution in [3.63, 3.8) is 0 Å². The Hall–Kier alpha value is -2.49. The van der Waals surface area contributed by atoms with E-state index in [0.717, 1.165) is 11.1 Å². The maximum absolute atomic E-state index is 12.0. The van der Waals surface area contributed by atoms with Crippen LogP contribution in [0.1, 0.15) is 21.5 Å². The van der Waals surface area contributed by atoms with Gasteiger partial charge in [-0.25, -0.2) is 4.79 Å². The van der Waals surface area contributed by atoms with E-state index in [-0.39, 0.29) is 6.61 Å². The highest BCUT2D eigenvalue weighted by molar-refractivity contribution is 5.90. The van der Waals surface area contributed by atoms with Gasteiger partial charge in [-0.3, -0.25) is 0 Å². The minimum absolute atomic E-state index is 0.163. The lowest BCUT2D eigenvalue weighted by molar-refractivity contribution is 0.0470. The van der Waals surface area contributed by atoms with E-state index in [2.05, 4.69) is 0 Å². The lowest BCUT2D eigenvalue weighted by atomic mass is 10.1. The SMILES string of the molecule is COc1ccccc1COC(=O)c1cc(C)cc(N)c1. The van der Waals surface area contributed by atoms with Crippen LogP contribution in [0.25, 0.3) is 0 Å². The Morgan fingerprint density at radius 3 is 2.65 bits per heavy atom. The molecule has 0 aromatic heterocycles. The van der Waals surface area contributed by atoms with Crippen molar-refractivity contribution in [2.75, 3.05) is 12.8 Å². The number of rotatable bonds is 4. The number of anilines is 1. The van der Waals surface area contributed by atoms with Gasteiger partial charge in [0.05, 0.1) is 12.7 Å². The first-order valence-corrected chi connectivity index (χ1v) is 6.26. The number of esters is 1. The fraction of sp³-hybridized carbons (Fsp3) is 0.188. The fourth-order valence-electron chi connectivity index (χ4n) is 1.98. The molecular formula is C16H17NO3. The lowest BCUT2D eigenvalue weighted by Crippen LogP contribution is -2.07. The number of hydrogen-bond acceptors (Lipinski definition) is 4. The number of para-hydroxylation sites is 1. The molecule has 0 fully saturated rings. The zero-order valence-corrected chi connectivity index (χ0v) is 11.6. The molecule has 2 aromatic carbocycles. The summed E-state index contributed by atoms with van der Waals surface area (Å²) in [6.45, 7) is 2.05. The molecule has 2 aromatic rings. The minimum Gasteiger partial charge on any atom is -0.496 e. The molecule has 2 N–H and O–H groups in total. The number of carbonyl (C=O) groups is 1. The quantitative estimate of drug-likeness (QED) is 0.686. The van der Waals surface area contributed by atoms with Crippen molar-refractivity contribution in [1.82, 2.24) is 0 Å². The normalized spacial score (nSPS) is 10.1. The Morgan fingerprint density at radius 2 is 1.95 bits per heavy atom. The van der Waals surface area contributed by atoms with Gasteiger partial charge in [-0.15, -0.1) is 0 Å². The largest absolute Gasteiger partial charge is 0.496 e. The maximum atomic E-state index is 12.0. The van der Waals surface area contributed by atoms with Gasteiger partial charge in [0, 0.05) is 11.3 Å². The van der Waals surface area contributed by atoms with Gasteiger partial charge in [0.15, 0.2) is 0 Å². The van der Waals surface area contributed by atoms with Crippen LogP contribution < -0.4 is 10.5 Å². The number of nitrogens with two attached hydrogens (primary N) is 1. The molecule has 0 saturated heterocycles. The highest BCUT2D eigenvalue weighted by Gasteiger charge is 2.10. The van der Waals surface area contributed by atoms with E-state index >= 15 is 0 Å². The van der Waals surface area contributed by atoms with Gasteiger partial charge in [-0.2, -0.15) is 0 Å². The third-order valence-corrected chi connectivity index (χ3v) is 2.89. The van der Waals surface area contributed by atoms with Crippen LogP contribution >= 0.6 is 0 Å². The second kappa shape index (κ2) is 6.10. The van der Waals surface area contributed by atoms with Crippen LogP contribution in [-0.4, -0.2) is 13.1 Å². The minimum atomic E-state index is -0.397. The van der Waals surface area contributed by atoms with Gasteiger partial charge >= 0.3 is 5.97 Å². The number of nitrogen functional groups attached to an aromatic ring is 1. The molecule has 2 rings (SSSR count). The summed E-state index contributed by atoms with van der Waals surface area (Å²) >= 11 is 0. The van der Waals surface area contributed by atoms with Gasteiger partial charge in [-0.1, -0.05) is 18.2 Å². The van der Waals surface area contributed by atoms with E-state index in [1.807, 2.05) is 31.2 Å². The Kier molecular flexibility index (Phi) is 4.25. The van der Waals surface area contributed by atoms with Crippen molar-refractivity contribution in [3.8, 4) is 5.75 Å². The summed E-state index contributed by atoms with van der Waals surface area (Å²) in [6, 6.07) is 12.6. The highest BCUT2D eigenvalue weighted by Crippen LogP contribution is 2.19. The van der Waals surface area contributed by atoms with Gasteiger partial charge in [0.2, 0.25) is 0 Å². The number of ether oxygens (including phenoxy) is 2. The van der Waals surface area contributed by atoms with Crippen LogP contribution in [-0.2, 0) is 11.3 Å². The van der Waals surface area contributed by atoms with Crippen molar-refractivity contribution >= 4 is 11.7 Å². The summed E-state index contributed by atoms with van der Waals surface area (Å²) in [5.74, 6) is 0.301. The summed E-state index contributed by atoms with van der Waals surface area (Å²) in [4.78, 5) is 12.0. The molecule has 20 heavy (non-hydrogen) atoms. The van der Waals surface area contributed by atoms with E-state index < -0.39 is 5.97 Å². The molecule has 0 aliphatic rings. The van der Waals surface area contributed by atoms with Gasteiger partial charge in [0.25, 0.3) is 0 Å². The number of benzene rings is 2. The molecule has 0 bridgehead atoms. The van der Waals surface area contributed by atoms with Crippen molar-refractivity contribution in [2.45, 2.75) is 13.5 Å². The first-order valence-electron chi connectivity index (χ1n) is 6.26. The summed E-state index contributed by atoms with van der Waals surface area (Å²) < 4.78 is 10.5. The number of carbonyl (C=O) groups excluding carboxylic acids is 1. The van der Waals surface area contributed by atoms with Crippen LogP contribution in [0.2, 0.25) is 0 Å². The molecule has 4 heteroatoms. The van der Waals surface area contributed by atoms with Gasteiger partial charge in [-0.05, 0) is 36.8 Å². The van der Waals surface area contributed by atoms with Crippen LogP contribution in [0.4, 0.5) is 5.69 Å². The second-order valence-electron chi connectivity index (χ2n) is 4.52. The Morgan fingerprint density at radius 1 is 1.20 bits per heavy atom. The Bertz CT molecular complexity index is 603. The van der Waals surface area contributed by atoms with Crippen molar-refractivity contribution in [1.29, 1.82) is 0 Å². The average molecular weight is 271 g/mol. The maximum Gasteiger partial charge on any atom is 0.338 e. The van der Waals surface area contributed by atoms with Crippen LogP contribution in [0.3, 0.4) is 0 Å². The third-order valence-electron chi connectivity index (χ3n) is 2.89. The summed E-state index contributed by atoms with van der Waals surface area (Å²) in [6.07, 6.45) is 0.